The maximum atomic E-state index is 12.5. The highest BCUT2D eigenvalue weighted by atomic mass is 17.2. The summed E-state index contributed by atoms with van der Waals surface area (Å²) in [6.07, 6.45) is 4.81. The average molecular weight is 519 g/mol. The zero-order valence-electron chi connectivity index (χ0n) is 25.5. The van der Waals surface area contributed by atoms with E-state index in [1.54, 1.807) is 0 Å². The summed E-state index contributed by atoms with van der Waals surface area (Å²) in [5.41, 5.74) is -0.798. The highest BCUT2D eigenvalue weighted by Crippen LogP contribution is 2.26. The third-order valence-corrected chi connectivity index (χ3v) is 7.63. The van der Waals surface area contributed by atoms with Gasteiger partial charge in [-0.25, -0.2) is 24.3 Å². The van der Waals surface area contributed by atoms with Gasteiger partial charge in [0.25, 0.3) is 0 Å². The molecule has 7 nitrogen and oxygen atoms in total. The van der Waals surface area contributed by atoms with E-state index in [4.69, 9.17) is 29.0 Å². The van der Waals surface area contributed by atoms with Gasteiger partial charge in [0.15, 0.2) is 0 Å². The Morgan fingerprint density at radius 3 is 1.25 bits per heavy atom. The lowest BCUT2D eigenvalue weighted by atomic mass is 9.95. The predicted octanol–water partition coefficient (Wildman–Crippen LogP) is 8.30. The summed E-state index contributed by atoms with van der Waals surface area (Å²) in [6.45, 7) is 25.1. The summed E-state index contributed by atoms with van der Waals surface area (Å²) >= 11 is 0. The lowest BCUT2D eigenvalue weighted by Crippen LogP contribution is -2.36. The van der Waals surface area contributed by atoms with Gasteiger partial charge in [-0.1, -0.05) is 67.2 Å². The van der Waals surface area contributed by atoms with Crippen LogP contribution in [-0.4, -0.2) is 42.8 Å². The van der Waals surface area contributed by atoms with Crippen molar-refractivity contribution in [3.8, 4) is 0 Å². The first-order valence-corrected chi connectivity index (χ1v) is 14.2. The van der Waals surface area contributed by atoms with Gasteiger partial charge in [0.2, 0.25) is 0 Å². The fourth-order valence-electron chi connectivity index (χ4n) is 2.98. The van der Waals surface area contributed by atoms with E-state index < -0.39 is 17.4 Å². The molecule has 0 bridgehead atoms. The average Bonchev–Trinajstić information content (AvgIpc) is 2.81. The minimum Gasteiger partial charge on any atom is -0.434 e. The molecule has 0 heterocycles. The van der Waals surface area contributed by atoms with Crippen LogP contribution in [0.5, 0.6) is 0 Å². The standard InChI is InChI=1S/C29H58O7/c1-13-15-17-25(23(7)33-35-28(9,10)21(3)4)19-31-27(30)32-20-26(18-16-14-2)24(8)34-36-29(11,12)22(5)6/h21-26H,13-20H2,1-12H3. The number of hydrogen-bond acceptors (Lipinski definition) is 7. The predicted molar refractivity (Wildman–Crippen MR) is 144 cm³/mol. The molecule has 0 N–H and O–H groups in total. The molecule has 0 radical (unpaired) electrons. The van der Waals surface area contributed by atoms with Gasteiger partial charge in [-0.3, -0.25) is 0 Å². The molecule has 4 unspecified atom stereocenters. The van der Waals surface area contributed by atoms with Crippen LogP contribution in [0.15, 0.2) is 0 Å². The molecule has 0 aliphatic rings. The van der Waals surface area contributed by atoms with Crippen LogP contribution in [0.4, 0.5) is 4.79 Å². The van der Waals surface area contributed by atoms with Crippen molar-refractivity contribution >= 4 is 6.16 Å². The molecule has 216 valence electrons. The number of carbonyl (C=O) groups excluding carboxylic acids is 1. The van der Waals surface area contributed by atoms with Crippen LogP contribution in [0.1, 0.15) is 122 Å². The quantitative estimate of drug-likeness (QED) is 0.0911. The molecule has 36 heavy (non-hydrogen) atoms. The van der Waals surface area contributed by atoms with E-state index in [9.17, 15) is 4.79 Å². The molecule has 0 saturated carbocycles. The molecule has 0 aromatic heterocycles. The molecule has 0 aromatic rings. The highest BCUT2D eigenvalue weighted by Gasteiger charge is 2.30. The van der Waals surface area contributed by atoms with E-state index in [-0.39, 0.29) is 37.3 Å². The molecular weight excluding hydrogens is 460 g/mol. The number of rotatable bonds is 20. The minimum absolute atomic E-state index is 0.0188. The number of ether oxygens (including phenoxy) is 2. The Morgan fingerprint density at radius 1 is 0.639 bits per heavy atom. The van der Waals surface area contributed by atoms with Gasteiger partial charge in [-0.15, -0.1) is 0 Å². The molecular formula is C29H58O7. The Bertz CT molecular complexity index is 526. The molecule has 0 fully saturated rings. The van der Waals surface area contributed by atoms with Crippen LogP contribution in [0.3, 0.4) is 0 Å². The van der Waals surface area contributed by atoms with Crippen LogP contribution in [0.2, 0.25) is 0 Å². The van der Waals surface area contributed by atoms with Gasteiger partial charge >= 0.3 is 6.16 Å². The van der Waals surface area contributed by atoms with Crippen molar-refractivity contribution in [1.82, 2.24) is 0 Å². The number of unbranched alkanes of at least 4 members (excludes halogenated alkanes) is 2. The van der Waals surface area contributed by atoms with Gasteiger partial charge in [-0.05, 0) is 66.2 Å². The Balaban J connectivity index is 4.86. The summed E-state index contributed by atoms with van der Waals surface area (Å²) in [6, 6.07) is 0. The summed E-state index contributed by atoms with van der Waals surface area (Å²) in [5.74, 6) is 0.647. The largest absolute Gasteiger partial charge is 0.508 e. The zero-order chi connectivity index (χ0) is 27.9. The lowest BCUT2D eigenvalue weighted by molar-refractivity contribution is -0.390. The van der Waals surface area contributed by atoms with Crippen molar-refractivity contribution in [2.24, 2.45) is 23.7 Å². The zero-order valence-corrected chi connectivity index (χ0v) is 25.5. The van der Waals surface area contributed by atoms with E-state index in [0.717, 1.165) is 38.5 Å². The third-order valence-electron chi connectivity index (χ3n) is 7.63. The van der Waals surface area contributed by atoms with Crippen molar-refractivity contribution in [2.75, 3.05) is 13.2 Å². The van der Waals surface area contributed by atoms with E-state index in [0.29, 0.717) is 11.8 Å². The van der Waals surface area contributed by atoms with Gasteiger partial charge in [0.1, 0.15) is 24.4 Å². The maximum absolute atomic E-state index is 12.5. The molecule has 0 amide bonds. The molecule has 0 rings (SSSR count). The summed E-state index contributed by atoms with van der Waals surface area (Å²) in [5, 5.41) is 0. The maximum Gasteiger partial charge on any atom is 0.508 e. The Labute approximate surface area is 222 Å². The van der Waals surface area contributed by atoms with Crippen molar-refractivity contribution < 1.29 is 33.8 Å². The number of carbonyl (C=O) groups is 1. The van der Waals surface area contributed by atoms with Crippen LogP contribution in [0, 0.1) is 23.7 Å². The second kappa shape index (κ2) is 17.6. The fraction of sp³-hybridized carbons (Fsp3) is 0.966. The molecule has 0 saturated heterocycles. The third kappa shape index (κ3) is 14.2. The lowest BCUT2D eigenvalue weighted by Gasteiger charge is -2.31. The van der Waals surface area contributed by atoms with Gasteiger partial charge in [0.05, 0.1) is 12.2 Å². The minimum atomic E-state index is -0.663. The molecule has 4 atom stereocenters. The summed E-state index contributed by atoms with van der Waals surface area (Å²) in [7, 11) is 0. The van der Waals surface area contributed by atoms with Crippen LogP contribution < -0.4 is 0 Å². The van der Waals surface area contributed by atoms with E-state index in [1.165, 1.54) is 0 Å². The second-order valence-corrected chi connectivity index (χ2v) is 12.0. The molecule has 7 heteroatoms. The molecule has 0 spiro atoms. The van der Waals surface area contributed by atoms with Gasteiger partial charge < -0.3 is 9.47 Å². The van der Waals surface area contributed by atoms with Crippen molar-refractivity contribution in [3.63, 3.8) is 0 Å². The Hall–Kier alpha value is -0.890. The van der Waals surface area contributed by atoms with Crippen LogP contribution in [-0.2, 0) is 29.0 Å². The molecule has 0 aliphatic heterocycles. The Kier molecular flexibility index (Phi) is 17.2. The highest BCUT2D eigenvalue weighted by molar-refractivity contribution is 5.59. The topological polar surface area (TPSA) is 72.5 Å². The van der Waals surface area contributed by atoms with Crippen molar-refractivity contribution in [3.05, 3.63) is 0 Å². The molecule has 0 aliphatic carbocycles. The number of hydrogen-bond donors (Lipinski definition) is 0. The smallest absolute Gasteiger partial charge is 0.434 e. The first-order chi connectivity index (χ1) is 16.7. The van der Waals surface area contributed by atoms with E-state index in [2.05, 4.69) is 41.5 Å². The Morgan fingerprint density at radius 2 is 0.972 bits per heavy atom. The summed E-state index contributed by atoms with van der Waals surface area (Å²) in [4.78, 5) is 35.4. The second-order valence-electron chi connectivity index (χ2n) is 12.0. The van der Waals surface area contributed by atoms with Gasteiger partial charge in [0, 0.05) is 11.8 Å². The fourth-order valence-corrected chi connectivity index (χ4v) is 2.98. The van der Waals surface area contributed by atoms with Gasteiger partial charge in [-0.2, -0.15) is 0 Å². The first kappa shape index (κ1) is 35.1. The van der Waals surface area contributed by atoms with Crippen LogP contribution in [0.25, 0.3) is 0 Å². The van der Waals surface area contributed by atoms with E-state index in [1.807, 2.05) is 41.5 Å². The monoisotopic (exact) mass is 518 g/mol. The van der Waals surface area contributed by atoms with Crippen LogP contribution >= 0.6 is 0 Å². The molecule has 0 aromatic carbocycles. The summed E-state index contributed by atoms with van der Waals surface area (Å²) < 4.78 is 11.0. The normalized spacial score (nSPS) is 16.2. The SMILES string of the molecule is CCCCC(COC(=O)OCC(CCCC)C(C)OOC(C)(C)C(C)C)C(C)OOC(C)(C)C(C)C. The van der Waals surface area contributed by atoms with Crippen molar-refractivity contribution in [2.45, 2.75) is 145 Å². The van der Waals surface area contributed by atoms with E-state index >= 15 is 0 Å². The van der Waals surface area contributed by atoms with Crippen molar-refractivity contribution in [1.29, 1.82) is 0 Å². The first-order valence-electron chi connectivity index (χ1n) is 14.2.